The minimum atomic E-state index is -0.119. The summed E-state index contributed by atoms with van der Waals surface area (Å²) in [6.45, 7) is 1.56. The monoisotopic (exact) mass is 363 g/mol. The number of hydrogen-bond acceptors (Lipinski definition) is 4. The van der Waals surface area contributed by atoms with Crippen LogP contribution in [0, 0.1) is 0 Å². The lowest BCUT2D eigenvalue weighted by Crippen LogP contribution is -2.31. The molecule has 0 saturated heterocycles. The number of aromatic nitrogens is 2. The number of hydrogen-bond donors (Lipinski definition) is 0. The lowest BCUT2D eigenvalue weighted by atomic mass is 10.2. The molecule has 24 heavy (non-hydrogen) atoms. The zero-order valence-corrected chi connectivity index (χ0v) is 15.7. The van der Waals surface area contributed by atoms with E-state index in [-0.39, 0.29) is 5.69 Å². The molecule has 6 heteroatoms. The maximum Gasteiger partial charge on any atom is 0.348 e. The molecular weight excluding hydrogens is 342 g/mol. The van der Waals surface area contributed by atoms with Crippen molar-refractivity contribution in [3.8, 4) is 0 Å². The fourth-order valence-corrected chi connectivity index (χ4v) is 4.25. The van der Waals surface area contributed by atoms with Crippen molar-refractivity contribution in [2.75, 3.05) is 20.6 Å². The van der Waals surface area contributed by atoms with E-state index in [1.807, 2.05) is 36.9 Å². The van der Waals surface area contributed by atoms with Crippen LogP contribution in [0.15, 0.2) is 34.1 Å². The molecule has 0 radical (unpaired) electrons. The smallest absolute Gasteiger partial charge is 0.308 e. The van der Waals surface area contributed by atoms with E-state index in [0.29, 0.717) is 6.54 Å². The molecule has 0 saturated carbocycles. The van der Waals surface area contributed by atoms with Crippen molar-refractivity contribution in [2.45, 2.75) is 36.6 Å². The third-order valence-corrected chi connectivity index (χ3v) is 5.56. The Bertz CT molecular complexity index is 788. The van der Waals surface area contributed by atoms with Gasteiger partial charge in [0, 0.05) is 35.1 Å². The van der Waals surface area contributed by atoms with Gasteiger partial charge in [-0.15, -0.1) is 11.8 Å². The molecule has 1 aliphatic rings. The molecule has 0 bridgehead atoms. The summed E-state index contributed by atoms with van der Waals surface area (Å²) in [4.78, 5) is 18.9. The van der Waals surface area contributed by atoms with Crippen LogP contribution in [-0.4, -0.2) is 35.1 Å². The third kappa shape index (κ3) is 4.02. The average Bonchev–Trinajstić information content (AvgIpc) is 3.01. The Balaban J connectivity index is 1.83. The first kappa shape index (κ1) is 17.5. The summed E-state index contributed by atoms with van der Waals surface area (Å²) >= 11 is 7.69. The van der Waals surface area contributed by atoms with Crippen LogP contribution in [0.1, 0.15) is 23.2 Å². The lowest BCUT2D eigenvalue weighted by molar-refractivity contribution is 0.375. The Morgan fingerprint density at radius 3 is 2.92 bits per heavy atom. The molecule has 0 atom stereocenters. The first-order valence-electron chi connectivity index (χ1n) is 8.19. The van der Waals surface area contributed by atoms with Crippen molar-refractivity contribution in [3.63, 3.8) is 0 Å². The third-order valence-electron chi connectivity index (χ3n) is 4.24. The van der Waals surface area contributed by atoms with Crippen LogP contribution in [0.2, 0.25) is 5.02 Å². The van der Waals surface area contributed by atoms with Gasteiger partial charge in [0.2, 0.25) is 0 Å². The van der Waals surface area contributed by atoms with Gasteiger partial charge in [0.1, 0.15) is 5.03 Å². The molecule has 4 nitrogen and oxygen atoms in total. The van der Waals surface area contributed by atoms with Gasteiger partial charge in [0.25, 0.3) is 0 Å². The Labute approximate surface area is 151 Å². The Morgan fingerprint density at radius 1 is 1.33 bits per heavy atom. The molecule has 0 amide bonds. The van der Waals surface area contributed by atoms with Crippen LogP contribution >= 0.6 is 23.4 Å². The number of nitrogens with zero attached hydrogens (tertiary/aromatic N) is 3. The van der Waals surface area contributed by atoms with Gasteiger partial charge in [-0.3, -0.25) is 4.57 Å². The van der Waals surface area contributed by atoms with E-state index in [9.17, 15) is 4.79 Å². The van der Waals surface area contributed by atoms with Crippen molar-refractivity contribution in [1.29, 1.82) is 0 Å². The van der Waals surface area contributed by atoms with Crippen LogP contribution in [-0.2, 0) is 25.1 Å². The number of likely N-dealkylation sites (N-methyl/N-ethyl adjacent to an activating group) is 1. The maximum absolute atomic E-state index is 12.5. The highest BCUT2D eigenvalue weighted by molar-refractivity contribution is 7.98. The molecular formula is C18H22ClN3OS. The minimum absolute atomic E-state index is 0.119. The summed E-state index contributed by atoms with van der Waals surface area (Å²) in [5, 5.41) is 1.64. The largest absolute Gasteiger partial charge is 0.348 e. The molecule has 0 fully saturated rings. The molecule has 1 aromatic carbocycles. The number of rotatable bonds is 6. The van der Waals surface area contributed by atoms with E-state index < -0.39 is 0 Å². The fraction of sp³-hybridized carbons (Fsp3) is 0.444. The molecule has 1 aliphatic carbocycles. The van der Waals surface area contributed by atoms with E-state index in [1.54, 1.807) is 11.8 Å². The first-order valence-corrected chi connectivity index (χ1v) is 9.55. The maximum atomic E-state index is 12.5. The highest BCUT2D eigenvalue weighted by atomic mass is 35.5. The molecule has 3 rings (SSSR count). The highest BCUT2D eigenvalue weighted by Crippen LogP contribution is 2.31. The predicted octanol–water partition coefficient (Wildman–Crippen LogP) is 3.24. The Morgan fingerprint density at radius 2 is 2.17 bits per heavy atom. The quantitative estimate of drug-likeness (QED) is 0.583. The SMILES string of the molecule is CN(C)CCn1c2c(c(SCc3cccc(Cl)c3)nc1=O)CCC2. The number of benzene rings is 1. The zero-order valence-electron chi connectivity index (χ0n) is 14.1. The fourth-order valence-electron chi connectivity index (χ4n) is 3.01. The van der Waals surface area contributed by atoms with Crippen LogP contribution in [0.4, 0.5) is 0 Å². The van der Waals surface area contributed by atoms with Crippen LogP contribution < -0.4 is 5.69 Å². The number of thioether (sulfide) groups is 1. The summed E-state index contributed by atoms with van der Waals surface area (Å²) in [5.41, 5.74) is 3.48. The van der Waals surface area contributed by atoms with Gasteiger partial charge in [-0.05, 0) is 51.1 Å². The van der Waals surface area contributed by atoms with Crippen LogP contribution in [0.25, 0.3) is 0 Å². The predicted molar refractivity (Wildman–Crippen MR) is 100 cm³/mol. The molecule has 0 spiro atoms. The minimum Gasteiger partial charge on any atom is -0.308 e. The second-order valence-corrected chi connectivity index (χ2v) is 7.75. The van der Waals surface area contributed by atoms with Crippen LogP contribution in [0.3, 0.4) is 0 Å². The molecule has 0 aliphatic heterocycles. The second kappa shape index (κ2) is 7.72. The standard InChI is InChI=1S/C18H22ClN3OS/c1-21(2)9-10-22-16-8-4-7-15(16)17(20-18(22)23)24-12-13-5-3-6-14(19)11-13/h3,5-6,11H,4,7-10,12H2,1-2H3. The topological polar surface area (TPSA) is 38.1 Å². The molecule has 0 N–H and O–H groups in total. The number of halogens is 1. The Kier molecular flexibility index (Phi) is 5.64. The summed E-state index contributed by atoms with van der Waals surface area (Å²) in [5.74, 6) is 0.779. The van der Waals surface area contributed by atoms with E-state index in [0.717, 1.165) is 47.2 Å². The van der Waals surface area contributed by atoms with Gasteiger partial charge in [-0.25, -0.2) is 4.79 Å². The van der Waals surface area contributed by atoms with E-state index in [1.165, 1.54) is 11.3 Å². The van der Waals surface area contributed by atoms with Crippen molar-refractivity contribution >= 4 is 23.4 Å². The summed E-state index contributed by atoms with van der Waals surface area (Å²) < 4.78 is 1.87. The van der Waals surface area contributed by atoms with Crippen LogP contribution in [0.5, 0.6) is 0 Å². The normalized spacial score (nSPS) is 13.5. The van der Waals surface area contributed by atoms with Gasteiger partial charge < -0.3 is 4.90 Å². The molecule has 1 heterocycles. The van der Waals surface area contributed by atoms with Gasteiger partial charge in [0.15, 0.2) is 0 Å². The van der Waals surface area contributed by atoms with E-state index in [2.05, 4.69) is 16.0 Å². The van der Waals surface area contributed by atoms with E-state index >= 15 is 0 Å². The second-order valence-electron chi connectivity index (χ2n) is 6.35. The molecule has 1 aromatic heterocycles. The molecule has 128 valence electrons. The summed E-state index contributed by atoms with van der Waals surface area (Å²) in [6.07, 6.45) is 3.10. The zero-order chi connectivity index (χ0) is 17.1. The summed E-state index contributed by atoms with van der Waals surface area (Å²) in [6, 6.07) is 7.84. The van der Waals surface area contributed by atoms with Gasteiger partial charge in [0.05, 0.1) is 0 Å². The van der Waals surface area contributed by atoms with Crippen molar-refractivity contribution in [1.82, 2.24) is 14.5 Å². The lowest BCUT2D eigenvalue weighted by Gasteiger charge is -2.16. The van der Waals surface area contributed by atoms with Crippen molar-refractivity contribution in [2.24, 2.45) is 0 Å². The van der Waals surface area contributed by atoms with Gasteiger partial charge in [-0.1, -0.05) is 23.7 Å². The first-order chi connectivity index (χ1) is 11.5. The number of fused-ring (bicyclic) bond motifs is 1. The molecule has 2 aromatic rings. The summed E-state index contributed by atoms with van der Waals surface area (Å²) in [7, 11) is 4.04. The Hall–Kier alpha value is -1.30. The van der Waals surface area contributed by atoms with Crippen molar-refractivity contribution in [3.05, 3.63) is 56.6 Å². The van der Waals surface area contributed by atoms with Gasteiger partial charge in [-0.2, -0.15) is 4.98 Å². The van der Waals surface area contributed by atoms with Gasteiger partial charge >= 0.3 is 5.69 Å². The highest BCUT2D eigenvalue weighted by Gasteiger charge is 2.21. The average molecular weight is 364 g/mol. The van der Waals surface area contributed by atoms with E-state index in [4.69, 9.17) is 11.6 Å². The van der Waals surface area contributed by atoms with Crippen molar-refractivity contribution < 1.29 is 0 Å². The molecule has 0 unspecified atom stereocenters.